The van der Waals surface area contributed by atoms with E-state index in [1.807, 2.05) is 18.2 Å². The Morgan fingerprint density at radius 1 is 1.11 bits per heavy atom. The van der Waals surface area contributed by atoms with Crippen molar-refractivity contribution < 1.29 is 4.39 Å². The average molecular weight is 365 g/mol. The minimum absolute atomic E-state index is 0.0392. The van der Waals surface area contributed by atoms with Crippen molar-refractivity contribution in [2.24, 2.45) is 0 Å². The molecule has 4 rings (SSSR count). The molecule has 0 unspecified atom stereocenters. The van der Waals surface area contributed by atoms with Crippen LogP contribution in [0.1, 0.15) is 37.3 Å². The smallest absolute Gasteiger partial charge is 0.255 e. The van der Waals surface area contributed by atoms with Gasteiger partial charge in [-0.3, -0.25) is 14.7 Å². The molecule has 4 nitrogen and oxygen atoms in total. The van der Waals surface area contributed by atoms with Gasteiger partial charge in [-0.1, -0.05) is 6.42 Å². The molecule has 2 aromatic heterocycles. The van der Waals surface area contributed by atoms with E-state index in [0.29, 0.717) is 24.6 Å². The van der Waals surface area contributed by atoms with Gasteiger partial charge in [-0.2, -0.15) is 0 Å². The molecule has 0 N–H and O–H groups in total. The quantitative estimate of drug-likeness (QED) is 0.702. The lowest BCUT2D eigenvalue weighted by molar-refractivity contribution is 0.152. The maximum atomic E-state index is 13.9. The minimum atomic E-state index is -0.331. The zero-order chi connectivity index (χ0) is 18.8. The number of rotatable bonds is 4. The first-order valence-electron chi connectivity index (χ1n) is 9.57. The van der Waals surface area contributed by atoms with Gasteiger partial charge in [-0.25, -0.2) is 4.39 Å². The van der Waals surface area contributed by atoms with Crippen molar-refractivity contribution in [3.63, 3.8) is 0 Å². The van der Waals surface area contributed by atoms with Crippen LogP contribution in [0, 0.1) is 5.82 Å². The lowest BCUT2D eigenvalue weighted by atomic mass is 10.0. The van der Waals surface area contributed by atoms with E-state index in [1.165, 1.54) is 31.4 Å². The lowest BCUT2D eigenvalue weighted by Gasteiger charge is -2.33. The zero-order valence-corrected chi connectivity index (χ0v) is 15.6. The summed E-state index contributed by atoms with van der Waals surface area (Å²) in [6.07, 6.45) is 7.02. The Hall–Kier alpha value is -2.53. The van der Waals surface area contributed by atoms with Gasteiger partial charge in [0.15, 0.2) is 0 Å². The number of benzene rings is 1. The topological polar surface area (TPSA) is 38.1 Å². The van der Waals surface area contributed by atoms with Crippen LogP contribution in [0.4, 0.5) is 4.39 Å². The molecule has 3 heterocycles. The fourth-order valence-corrected chi connectivity index (χ4v) is 3.96. The molecule has 0 amide bonds. The predicted molar refractivity (Wildman–Crippen MR) is 105 cm³/mol. The molecule has 0 spiro atoms. The van der Waals surface area contributed by atoms with Gasteiger partial charge in [-0.15, -0.1) is 0 Å². The fourth-order valence-electron chi connectivity index (χ4n) is 3.96. The zero-order valence-electron chi connectivity index (χ0n) is 15.6. The molecule has 0 aliphatic carbocycles. The number of hydrogen-bond donors (Lipinski definition) is 0. The van der Waals surface area contributed by atoms with Gasteiger partial charge in [0.25, 0.3) is 5.56 Å². The number of likely N-dealkylation sites (tertiary alicyclic amines) is 1. The Morgan fingerprint density at radius 3 is 2.70 bits per heavy atom. The fraction of sp³-hybridized carbons (Fsp3) is 0.364. The van der Waals surface area contributed by atoms with Crippen molar-refractivity contribution in [1.29, 1.82) is 0 Å². The summed E-state index contributed by atoms with van der Waals surface area (Å²) in [6, 6.07) is 10.9. The molecule has 140 valence electrons. The van der Waals surface area contributed by atoms with E-state index in [4.69, 9.17) is 0 Å². The van der Waals surface area contributed by atoms with Crippen LogP contribution in [-0.4, -0.2) is 27.0 Å². The van der Waals surface area contributed by atoms with E-state index in [2.05, 4.69) is 16.8 Å². The SMILES string of the molecule is C[C@H]1CCCCN1Cc1cc2ccc(F)cc2n(Cc2ccncc2)c1=O. The highest BCUT2D eigenvalue weighted by molar-refractivity contribution is 5.79. The van der Waals surface area contributed by atoms with Gasteiger partial charge < -0.3 is 4.57 Å². The summed E-state index contributed by atoms with van der Waals surface area (Å²) >= 11 is 0. The second kappa shape index (κ2) is 7.61. The predicted octanol–water partition coefficient (Wildman–Crippen LogP) is 3.96. The third kappa shape index (κ3) is 3.78. The van der Waals surface area contributed by atoms with Gasteiger partial charge in [0, 0.05) is 30.5 Å². The number of pyridine rings is 2. The Morgan fingerprint density at radius 2 is 1.93 bits per heavy atom. The highest BCUT2D eigenvalue weighted by Gasteiger charge is 2.20. The van der Waals surface area contributed by atoms with Crippen LogP contribution < -0.4 is 5.56 Å². The highest BCUT2D eigenvalue weighted by atomic mass is 19.1. The number of aromatic nitrogens is 2. The molecule has 1 aliphatic rings. The molecule has 1 saturated heterocycles. The van der Waals surface area contributed by atoms with E-state index in [1.54, 1.807) is 23.0 Å². The lowest BCUT2D eigenvalue weighted by Crippen LogP contribution is -2.39. The standard InChI is InChI=1S/C22H24FN3O/c1-16-4-2-3-11-25(16)15-19-12-18-5-6-20(23)13-21(18)26(22(19)27)14-17-7-9-24-10-8-17/h5-10,12-13,16H,2-4,11,14-15H2,1H3/t16-/m0/s1. The van der Waals surface area contributed by atoms with Crippen LogP contribution >= 0.6 is 0 Å². The molecule has 0 saturated carbocycles. The average Bonchev–Trinajstić information content (AvgIpc) is 2.68. The second-order valence-corrected chi connectivity index (χ2v) is 7.43. The summed E-state index contributed by atoms with van der Waals surface area (Å²) in [6.45, 7) is 4.30. The monoisotopic (exact) mass is 365 g/mol. The summed E-state index contributed by atoms with van der Waals surface area (Å²) in [5, 5.41) is 0.893. The van der Waals surface area contributed by atoms with E-state index >= 15 is 0 Å². The first-order chi connectivity index (χ1) is 13.1. The van der Waals surface area contributed by atoms with Crippen molar-refractivity contribution in [3.8, 4) is 0 Å². The molecular weight excluding hydrogens is 341 g/mol. The first-order valence-corrected chi connectivity index (χ1v) is 9.57. The summed E-state index contributed by atoms with van der Waals surface area (Å²) in [5.74, 6) is -0.331. The molecule has 3 aromatic rings. The first kappa shape index (κ1) is 17.9. The second-order valence-electron chi connectivity index (χ2n) is 7.43. The third-order valence-electron chi connectivity index (χ3n) is 5.54. The molecule has 27 heavy (non-hydrogen) atoms. The summed E-state index contributed by atoms with van der Waals surface area (Å²) in [4.78, 5) is 19.7. The molecular formula is C22H24FN3O. The van der Waals surface area contributed by atoms with E-state index in [9.17, 15) is 9.18 Å². The van der Waals surface area contributed by atoms with Crippen molar-refractivity contribution >= 4 is 10.9 Å². The Balaban J connectivity index is 1.79. The molecule has 0 bridgehead atoms. The van der Waals surface area contributed by atoms with Crippen LogP contribution in [0.25, 0.3) is 10.9 Å². The Labute approximate surface area is 158 Å². The van der Waals surface area contributed by atoms with Crippen LogP contribution in [0.3, 0.4) is 0 Å². The Bertz CT molecular complexity index is 1000. The van der Waals surface area contributed by atoms with Crippen LogP contribution in [0.15, 0.2) is 53.6 Å². The van der Waals surface area contributed by atoms with E-state index < -0.39 is 0 Å². The van der Waals surface area contributed by atoms with Crippen LogP contribution in [0.5, 0.6) is 0 Å². The molecule has 1 fully saturated rings. The van der Waals surface area contributed by atoms with Gasteiger partial charge in [-0.05, 0) is 73.7 Å². The number of piperidine rings is 1. The minimum Gasteiger partial charge on any atom is -0.303 e. The number of fused-ring (bicyclic) bond motifs is 1. The van der Waals surface area contributed by atoms with Gasteiger partial charge in [0.2, 0.25) is 0 Å². The molecule has 1 aliphatic heterocycles. The third-order valence-corrected chi connectivity index (χ3v) is 5.54. The molecule has 0 radical (unpaired) electrons. The summed E-state index contributed by atoms with van der Waals surface area (Å²) in [5.41, 5.74) is 2.34. The largest absolute Gasteiger partial charge is 0.303 e. The van der Waals surface area contributed by atoms with Crippen molar-refractivity contribution in [2.75, 3.05) is 6.54 Å². The van der Waals surface area contributed by atoms with Gasteiger partial charge in [0.1, 0.15) is 5.82 Å². The summed E-state index contributed by atoms with van der Waals surface area (Å²) in [7, 11) is 0. The number of hydrogen-bond acceptors (Lipinski definition) is 3. The van der Waals surface area contributed by atoms with Gasteiger partial charge in [0.05, 0.1) is 12.1 Å². The van der Waals surface area contributed by atoms with E-state index in [-0.39, 0.29) is 11.4 Å². The van der Waals surface area contributed by atoms with Crippen LogP contribution in [0.2, 0.25) is 0 Å². The Kier molecular flexibility index (Phi) is 5.03. The molecule has 5 heteroatoms. The van der Waals surface area contributed by atoms with Crippen molar-refractivity contribution in [1.82, 2.24) is 14.5 Å². The van der Waals surface area contributed by atoms with Crippen molar-refractivity contribution in [2.45, 2.75) is 45.3 Å². The van der Waals surface area contributed by atoms with Gasteiger partial charge >= 0.3 is 0 Å². The van der Waals surface area contributed by atoms with Crippen LogP contribution in [-0.2, 0) is 13.1 Å². The highest BCUT2D eigenvalue weighted by Crippen LogP contribution is 2.21. The van der Waals surface area contributed by atoms with Crippen molar-refractivity contribution in [3.05, 3.63) is 76.1 Å². The number of nitrogens with zero attached hydrogens (tertiary/aromatic N) is 3. The number of halogens is 1. The maximum absolute atomic E-state index is 13.9. The summed E-state index contributed by atoms with van der Waals surface area (Å²) < 4.78 is 15.6. The van der Waals surface area contributed by atoms with E-state index in [0.717, 1.165) is 23.1 Å². The molecule has 1 aromatic carbocycles. The normalized spacial score (nSPS) is 18.1. The molecule has 1 atom stereocenters. The maximum Gasteiger partial charge on any atom is 0.255 e.